The van der Waals surface area contributed by atoms with Gasteiger partial charge in [0.05, 0.1) is 6.10 Å². The monoisotopic (exact) mass is 273 g/mol. The molecule has 0 aliphatic carbocycles. The third kappa shape index (κ3) is 3.66. The highest BCUT2D eigenvalue weighted by atomic mass is 16.3. The van der Waals surface area contributed by atoms with Gasteiger partial charge in [-0.25, -0.2) is 15.8 Å². The molecule has 0 radical (unpaired) electrons. The topological polar surface area (TPSA) is 96.1 Å². The minimum atomic E-state index is -0.592. The number of nitrogens with two attached hydrogens (primary N) is 1. The molecular weight excluding hydrogens is 254 g/mol. The second-order valence-electron chi connectivity index (χ2n) is 4.36. The van der Waals surface area contributed by atoms with Gasteiger partial charge in [0.15, 0.2) is 0 Å². The lowest BCUT2D eigenvalue weighted by molar-refractivity contribution is 0.191. The molecule has 0 fully saturated rings. The number of anilines is 2. The average molecular weight is 273 g/mol. The van der Waals surface area contributed by atoms with E-state index in [-0.39, 0.29) is 0 Å². The molecule has 0 bridgehead atoms. The molecule has 1 unspecified atom stereocenters. The van der Waals surface area contributed by atoms with Crippen molar-refractivity contribution in [3.63, 3.8) is 0 Å². The van der Waals surface area contributed by atoms with Crippen LogP contribution in [-0.2, 0) is 6.42 Å². The number of aliphatic hydroxyl groups is 1. The lowest BCUT2D eigenvalue weighted by atomic mass is 10.1. The summed E-state index contributed by atoms with van der Waals surface area (Å²) < 4.78 is 0. The van der Waals surface area contributed by atoms with Gasteiger partial charge in [0, 0.05) is 19.0 Å². The Bertz CT molecular complexity index is 524. The van der Waals surface area contributed by atoms with Gasteiger partial charge in [0.2, 0.25) is 0 Å². The lowest BCUT2D eigenvalue weighted by Crippen LogP contribution is -2.15. The summed E-state index contributed by atoms with van der Waals surface area (Å²) in [5.74, 6) is 7.25. The van der Waals surface area contributed by atoms with E-state index in [0.29, 0.717) is 30.4 Å². The van der Waals surface area contributed by atoms with Crippen molar-refractivity contribution in [1.29, 1.82) is 0 Å². The number of benzene rings is 1. The number of rotatable bonds is 6. The first-order valence-corrected chi connectivity index (χ1v) is 6.54. The zero-order valence-corrected chi connectivity index (χ0v) is 11.4. The standard InChI is InChI=1S/C14H19N5O/c1-2-12-17-13(8-14(18-12)19-15)16-9-11(20)10-6-4-3-5-7-10/h3-8,11,20H,2,9,15H2,1H3,(H2,16,17,18,19). The van der Waals surface area contributed by atoms with Gasteiger partial charge in [-0.3, -0.25) is 0 Å². The molecule has 2 aromatic rings. The number of aryl methyl sites for hydroxylation is 1. The van der Waals surface area contributed by atoms with Gasteiger partial charge in [0.25, 0.3) is 0 Å². The Morgan fingerprint density at radius 3 is 2.55 bits per heavy atom. The number of nitrogen functional groups attached to an aromatic ring is 1. The fraction of sp³-hybridized carbons (Fsp3) is 0.286. The maximum Gasteiger partial charge on any atom is 0.145 e. The molecule has 1 aromatic carbocycles. The van der Waals surface area contributed by atoms with Crippen LogP contribution in [0.5, 0.6) is 0 Å². The molecule has 2 rings (SSSR count). The SMILES string of the molecule is CCc1nc(NN)cc(NCC(O)c2ccccc2)n1. The van der Waals surface area contributed by atoms with Crippen LogP contribution in [0.2, 0.25) is 0 Å². The number of aromatic nitrogens is 2. The highest BCUT2D eigenvalue weighted by Crippen LogP contribution is 2.15. The van der Waals surface area contributed by atoms with Gasteiger partial charge in [-0.05, 0) is 5.56 Å². The van der Waals surface area contributed by atoms with Gasteiger partial charge in [0.1, 0.15) is 17.5 Å². The first kappa shape index (κ1) is 14.2. The van der Waals surface area contributed by atoms with Gasteiger partial charge < -0.3 is 15.8 Å². The van der Waals surface area contributed by atoms with Crippen molar-refractivity contribution in [3.05, 3.63) is 47.8 Å². The van der Waals surface area contributed by atoms with E-state index in [4.69, 9.17) is 5.84 Å². The van der Waals surface area contributed by atoms with Crippen molar-refractivity contribution in [2.45, 2.75) is 19.4 Å². The Balaban J connectivity index is 2.03. The van der Waals surface area contributed by atoms with Gasteiger partial charge in [-0.15, -0.1) is 0 Å². The maximum absolute atomic E-state index is 10.1. The van der Waals surface area contributed by atoms with Gasteiger partial charge in [-0.1, -0.05) is 37.3 Å². The second kappa shape index (κ2) is 6.83. The van der Waals surface area contributed by atoms with Crippen molar-refractivity contribution in [3.8, 4) is 0 Å². The summed E-state index contributed by atoms with van der Waals surface area (Å²) in [7, 11) is 0. The minimum Gasteiger partial charge on any atom is -0.387 e. The molecule has 1 aromatic heterocycles. The van der Waals surface area contributed by atoms with E-state index in [1.165, 1.54) is 0 Å². The van der Waals surface area contributed by atoms with E-state index < -0.39 is 6.10 Å². The van der Waals surface area contributed by atoms with Crippen LogP contribution < -0.4 is 16.6 Å². The smallest absolute Gasteiger partial charge is 0.145 e. The predicted molar refractivity (Wildman–Crippen MR) is 79.1 cm³/mol. The zero-order chi connectivity index (χ0) is 14.4. The molecule has 6 heteroatoms. The molecule has 0 saturated heterocycles. The van der Waals surface area contributed by atoms with E-state index in [2.05, 4.69) is 20.7 Å². The third-order valence-corrected chi connectivity index (χ3v) is 2.90. The summed E-state index contributed by atoms with van der Waals surface area (Å²) >= 11 is 0. The minimum absolute atomic E-state index is 0.369. The van der Waals surface area contributed by atoms with E-state index >= 15 is 0 Å². The molecule has 106 valence electrons. The fourth-order valence-corrected chi connectivity index (χ4v) is 1.81. The average Bonchev–Trinajstić information content (AvgIpc) is 2.53. The molecule has 0 aliphatic rings. The fourth-order valence-electron chi connectivity index (χ4n) is 1.81. The van der Waals surface area contributed by atoms with E-state index in [0.717, 1.165) is 5.56 Å². The first-order valence-electron chi connectivity index (χ1n) is 6.54. The quantitative estimate of drug-likeness (QED) is 0.470. The van der Waals surface area contributed by atoms with Gasteiger partial charge in [-0.2, -0.15) is 0 Å². The number of aliphatic hydroxyl groups excluding tert-OH is 1. The van der Waals surface area contributed by atoms with Crippen LogP contribution in [-0.4, -0.2) is 21.6 Å². The molecule has 0 saturated carbocycles. The van der Waals surface area contributed by atoms with Crippen LogP contribution in [0, 0.1) is 0 Å². The lowest BCUT2D eigenvalue weighted by Gasteiger charge is -2.13. The van der Waals surface area contributed by atoms with Crippen LogP contribution in [0.4, 0.5) is 11.6 Å². The molecule has 6 nitrogen and oxygen atoms in total. The van der Waals surface area contributed by atoms with Crippen molar-refractivity contribution < 1.29 is 5.11 Å². The van der Waals surface area contributed by atoms with Crippen LogP contribution in [0.1, 0.15) is 24.4 Å². The van der Waals surface area contributed by atoms with Crippen molar-refractivity contribution in [1.82, 2.24) is 9.97 Å². The highest BCUT2D eigenvalue weighted by molar-refractivity contribution is 5.47. The molecule has 1 heterocycles. The summed E-state index contributed by atoms with van der Waals surface area (Å²) in [4.78, 5) is 8.54. The Labute approximate surface area is 118 Å². The largest absolute Gasteiger partial charge is 0.387 e. The van der Waals surface area contributed by atoms with E-state index in [9.17, 15) is 5.11 Å². The van der Waals surface area contributed by atoms with Crippen molar-refractivity contribution >= 4 is 11.6 Å². The molecule has 1 atom stereocenters. The molecule has 0 amide bonds. The Morgan fingerprint density at radius 2 is 1.90 bits per heavy atom. The number of hydrogen-bond acceptors (Lipinski definition) is 6. The Kier molecular flexibility index (Phi) is 4.86. The van der Waals surface area contributed by atoms with E-state index in [1.54, 1.807) is 6.07 Å². The second-order valence-corrected chi connectivity index (χ2v) is 4.36. The summed E-state index contributed by atoms with van der Waals surface area (Å²) in [6.07, 6.45) is 0.122. The summed E-state index contributed by atoms with van der Waals surface area (Å²) in [6, 6.07) is 11.2. The summed E-state index contributed by atoms with van der Waals surface area (Å²) in [5.41, 5.74) is 3.37. The molecule has 0 spiro atoms. The Morgan fingerprint density at radius 1 is 1.20 bits per heavy atom. The maximum atomic E-state index is 10.1. The third-order valence-electron chi connectivity index (χ3n) is 2.90. The normalized spacial score (nSPS) is 11.9. The van der Waals surface area contributed by atoms with Crippen molar-refractivity contribution in [2.24, 2.45) is 5.84 Å². The van der Waals surface area contributed by atoms with Crippen LogP contribution in [0.3, 0.4) is 0 Å². The molecular formula is C14H19N5O. The van der Waals surface area contributed by atoms with Gasteiger partial charge >= 0.3 is 0 Å². The number of nitrogens with zero attached hydrogens (tertiary/aromatic N) is 2. The molecule has 5 N–H and O–H groups in total. The van der Waals surface area contributed by atoms with Crippen LogP contribution in [0.25, 0.3) is 0 Å². The van der Waals surface area contributed by atoms with Crippen molar-refractivity contribution in [2.75, 3.05) is 17.3 Å². The van der Waals surface area contributed by atoms with Crippen LogP contribution >= 0.6 is 0 Å². The summed E-state index contributed by atoms with van der Waals surface area (Å²) in [5, 5.41) is 13.2. The summed E-state index contributed by atoms with van der Waals surface area (Å²) in [6.45, 7) is 2.34. The first-order chi connectivity index (χ1) is 9.72. The molecule has 0 aliphatic heterocycles. The number of nitrogens with one attached hydrogen (secondary N) is 2. The Hall–Kier alpha value is -2.18. The highest BCUT2D eigenvalue weighted by Gasteiger charge is 2.08. The van der Waals surface area contributed by atoms with Crippen LogP contribution in [0.15, 0.2) is 36.4 Å². The molecule has 20 heavy (non-hydrogen) atoms. The number of hydrazine groups is 1. The number of hydrogen-bond donors (Lipinski definition) is 4. The predicted octanol–water partition coefficient (Wildman–Crippen LogP) is 1.47. The van der Waals surface area contributed by atoms with E-state index in [1.807, 2.05) is 37.3 Å². The zero-order valence-electron chi connectivity index (χ0n) is 11.4.